The highest BCUT2D eigenvalue weighted by atomic mass is 35.5. The molecule has 0 unspecified atom stereocenters. The van der Waals surface area contributed by atoms with Gasteiger partial charge in [0, 0.05) is 46.9 Å². The number of hydrogen-bond donors (Lipinski definition) is 5. The molecule has 1 fully saturated rings. The van der Waals surface area contributed by atoms with Gasteiger partial charge in [0.2, 0.25) is 0 Å². The minimum absolute atomic E-state index is 0.268. The number of nitrogens with two attached hydrogens (primary N) is 1. The van der Waals surface area contributed by atoms with Gasteiger partial charge in [0.15, 0.2) is 0 Å². The van der Waals surface area contributed by atoms with Gasteiger partial charge in [-0.25, -0.2) is 19.6 Å². The maximum absolute atomic E-state index is 11.5. The number of aliphatic carboxylic acids is 3. The van der Waals surface area contributed by atoms with Crippen molar-refractivity contribution in [2.24, 2.45) is 5.73 Å². The lowest BCUT2D eigenvalue weighted by atomic mass is 9.96. The van der Waals surface area contributed by atoms with Crippen molar-refractivity contribution in [1.82, 2.24) is 15.3 Å². The van der Waals surface area contributed by atoms with Crippen LogP contribution >= 0.6 is 34.7 Å². The molecule has 1 atom stereocenters. The second-order valence-electron chi connectivity index (χ2n) is 12.5. The number of carboxylic acids is 3. The molecule has 0 radical (unpaired) electrons. The molecule has 61 heavy (non-hydrogen) atoms. The summed E-state index contributed by atoms with van der Waals surface area (Å²) in [6.45, 7) is 2.64. The molecule has 3 heterocycles. The molecule has 5 rings (SSSR count). The number of carboxylic acid groups (broad SMARTS) is 3. The van der Waals surface area contributed by atoms with E-state index in [0.717, 1.165) is 42.2 Å². The monoisotopic (exact) mass is 915 g/mol. The number of hydrogen-bond acceptors (Lipinski definition) is 13. The van der Waals surface area contributed by atoms with Crippen LogP contribution in [0.2, 0.25) is 5.02 Å². The number of thiazole rings is 1. The fraction of sp³-hybridized carbons (Fsp3) is 0.342. The fourth-order valence-electron chi connectivity index (χ4n) is 5.31. The van der Waals surface area contributed by atoms with E-state index in [4.69, 9.17) is 51.8 Å². The smallest absolute Gasteiger partial charge is 0.490 e. The normalized spacial score (nSPS) is 12.8. The minimum Gasteiger partial charge on any atom is -0.492 e. The highest BCUT2D eigenvalue weighted by Gasteiger charge is 2.39. The van der Waals surface area contributed by atoms with E-state index in [1.165, 1.54) is 11.8 Å². The molecule has 4 aromatic rings. The molecular formula is C38H36ClF6N7O7S2. The number of thioether (sulfide) groups is 1. The van der Waals surface area contributed by atoms with E-state index in [2.05, 4.69) is 22.4 Å². The predicted molar refractivity (Wildman–Crippen MR) is 213 cm³/mol. The number of nitrogens with zero attached hydrogens (tertiary/aromatic N) is 5. The Morgan fingerprint density at radius 1 is 0.918 bits per heavy atom. The second-order valence-corrected chi connectivity index (χ2v) is 14.7. The molecule has 0 aliphatic carbocycles. The Labute approximate surface area is 357 Å². The summed E-state index contributed by atoms with van der Waals surface area (Å²) in [5.74, 6) is -4.74. The van der Waals surface area contributed by atoms with Crippen LogP contribution in [0, 0.1) is 22.7 Å². The minimum atomic E-state index is -5.08. The zero-order valence-corrected chi connectivity index (χ0v) is 34.0. The van der Waals surface area contributed by atoms with Gasteiger partial charge in [0.25, 0.3) is 0 Å². The van der Waals surface area contributed by atoms with Crippen molar-refractivity contribution in [2.45, 2.75) is 54.9 Å². The molecule has 6 N–H and O–H groups in total. The number of alkyl halides is 6. The molecule has 1 saturated heterocycles. The van der Waals surface area contributed by atoms with Crippen LogP contribution in [0.1, 0.15) is 42.5 Å². The molecule has 0 spiro atoms. The summed E-state index contributed by atoms with van der Waals surface area (Å²) >= 11 is 9.03. The molecular weight excluding hydrogens is 880 g/mol. The first kappa shape index (κ1) is 49.7. The van der Waals surface area contributed by atoms with Crippen LogP contribution < -0.4 is 20.7 Å². The third-order valence-corrected chi connectivity index (χ3v) is 10.4. The Balaban J connectivity index is 0.000000609. The van der Waals surface area contributed by atoms with Gasteiger partial charge in [-0.3, -0.25) is 4.79 Å². The average Bonchev–Trinajstić information content (AvgIpc) is 3.93. The third kappa shape index (κ3) is 15.4. The van der Waals surface area contributed by atoms with Gasteiger partial charge in [-0.1, -0.05) is 47.6 Å². The number of pyridine rings is 1. The topological polar surface area (TPSA) is 236 Å². The number of ether oxygens (including phenoxy) is 1. The summed E-state index contributed by atoms with van der Waals surface area (Å²) in [6, 6.07) is 18.8. The number of nitrogens with one attached hydrogen (secondary N) is 1. The summed E-state index contributed by atoms with van der Waals surface area (Å²) in [4.78, 5) is 41.1. The summed E-state index contributed by atoms with van der Waals surface area (Å²) in [7, 11) is 0. The molecule has 0 amide bonds. The summed E-state index contributed by atoms with van der Waals surface area (Å²) in [5, 5.41) is 51.5. The Kier molecular flexibility index (Phi) is 19.0. The largest absolute Gasteiger partial charge is 0.492 e. The van der Waals surface area contributed by atoms with Gasteiger partial charge in [0.1, 0.15) is 52.0 Å². The molecule has 23 heteroatoms. The van der Waals surface area contributed by atoms with Crippen molar-refractivity contribution in [1.29, 1.82) is 10.5 Å². The highest BCUT2D eigenvalue weighted by Crippen LogP contribution is 2.40. The van der Waals surface area contributed by atoms with Crippen LogP contribution in [-0.4, -0.2) is 94.4 Å². The van der Waals surface area contributed by atoms with E-state index < -0.39 is 36.3 Å². The van der Waals surface area contributed by atoms with E-state index in [9.17, 15) is 46.8 Å². The van der Waals surface area contributed by atoms with Gasteiger partial charge in [-0.15, -0.1) is 11.3 Å². The van der Waals surface area contributed by atoms with Gasteiger partial charge < -0.3 is 36.0 Å². The summed E-state index contributed by atoms with van der Waals surface area (Å²) in [6.07, 6.45) is -7.08. The Morgan fingerprint density at radius 2 is 1.48 bits per heavy atom. The Bertz CT molecular complexity index is 2170. The highest BCUT2D eigenvalue weighted by molar-refractivity contribution is 7.98. The Morgan fingerprint density at radius 3 is 1.98 bits per heavy atom. The molecule has 14 nitrogen and oxygen atoms in total. The van der Waals surface area contributed by atoms with Gasteiger partial charge >= 0.3 is 30.3 Å². The molecule has 326 valence electrons. The van der Waals surface area contributed by atoms with E-state index in [1.54, 1.807) is 23.5 Å². The number of aromatic nitrogens is 2. The lowest BCUT2D eigenvalue weighted by molar-refractivity contribution is -0.193. The maximum Gasteiger partial charge on any atom is 0.490 e. The molecule has 1 aliphatic heterocycles. The van der Waals surface area contributed by atoms with E-state index >= 15 is 0 Å². The van der Waals surface area contributed by atoms with Crippen molar-refractivity contribution < 1.29 is 60.8 Å². The van der Waals surface area contributed by atoms with Crippen LogP contribution in [0.15, 0.2) is 58.9 Å². The van der Waals surface area contributed by atoms with Crippen LogP contribution in [0.3, 0.4) is 0 Å². The zero-order valence-electron chi connectivity index (χ0n) is 31.6. The van der Waals surface area contributed by atoms with E-state index in [0.29, 0.717) is 75.6 Å². The van der Waals surface area contributed by atoms with Crippen molar-refractivity contribution >= 4 is 58.4 Å². The summed E-state index contributed by atoms with van der Waals surface area (Å²) in [5.41, 5.74) is 9.35. The molecule has 2 aromatic heterocycles. The van der Waals surface area contributed by atoms with E-state index in [1.807, 2.05) is 41.8 Å². The predicted octanol–water partition coefficient (Wildman–Crippen LogP) is 7.59. The number of halogens is 7. The first-order valence-electron chi connectivity index (χ1n) is 17.8. The fourth-order valence-corrected chi connectivity index (χ4v) is 7.24. The second kappa shape index (κ2) is 23.4. The summed E-state index contributed by atoms with van der Waals surface area (Å²) < 4.78 is 69.3. The van der Waals surface area contributed by atoms with Crippen LogP contribution in [0.4, 0.5) is 32.2 Å². The first-order chi connectivity index (χ1) is 28.8. The number of benzene rings is 2. The van der Waals surface area contributed by atoms with Gasteiger partial charge in [-0.2, -0.15) is 36.9 Å². The standard InChI is InChI=1S/C34H34ClN7O3S2.2C2HF3O2/c35-24-9-5-23(6-10-24)32-40-25(20-46-32)21-47-33-28(19-38)30(27(18-37)31(41-33)42-15-1-2-16-42)22-7-11-26(12-8-22)45-17-14-39-29(34(43)44)4-3-13-36;2*3-2(4,5)1(6)7/h5-12,20,29,39H,1-4,13-17,21,36H2,(H,43,44);2*(H,6,7)/t29-;;/m0../s1. The van der Waals surface area contributed by atoms with Crippen LogP contribution in [-0.2, 0) is 20.1 Å². The van der Waals surface area contributed by atoms with Gasteiger partial charge in [-0.05, 0) is 62.1 Å². The van der Waals surface area contributed by atoms with E-state index in [-0.39, 0.29) is 6.61 Å². The van der Waals surface area contributed by atoms with Crippen molar-refractivity contribution in [3.05, 3.63) is 75.8 Å². The molecule has 0 saturated carbocycles. The maximum atomic E-state index is 11.5. The Hall–Kier alpha value is -5.65. The molecule has 1 aliphatic rings. The zero-order chi connectivity index (χ0) is 45.3. The quantitative estimate of drug-likeness (QED) is 0.0439. The molecule has 0 bridgehead atoms. The SMILES string of the molecule is N#Cc1c(SCc2csc(-c3ccc(Cl)cc3)n2)nc(N2CCCC2)c(C#N)c1-c1ccc(OCCN[C@@H](CCCN)C(=O)O)cc1.O=C(O)C(F)(F)F.O=C(O)C(F)(F)F. The third-order valence-electron chi connectivity index (χ3n) is 8.16. The number of rotatable bonds is 15. The van der Waals surface area contributed by atoms with Crippen molar-refractivity contribution in [3.8, 4) is 39.6 Å². The van der Waals surface area contributed by atoms with Crippen molar-refractivity contribution in [3.63, 3.8) is 0 Å². The number of nitriles is 2. The first-order valence-corrected chi connectivity index (χ1v) is 20.0. The number of carbonyl (C=O) groups is 3. The lowest BCUT2D eigenvalue weighted by Crippen LogP contribution is -2.39. The van der Waals surface area contributed by atoms with Crippen LogP contribution in [0.25, 0.3) is 21.7 Å². The lowest BCUT2D eigenvalue weighted by Gasteiger charge is -2.22. The van der Waals surface area contributed by atoms with Crippen molar-refractivity contribution in [2.75, 3.05) is 37.7 Å². The van der Waals surface area contributed by atoms with Crippen LogP contribution in [0.5, 0.6) is 5.75 Å². The molecule has 2 aromatic carbocycles. The number of anilines is 1. The average molecular weight is 916 g/mol. The van der Waals surface area contributed by atoms with Gasteiger partial charge in [0.05, 0.1) is 11.3 Å².